The van der Waals surface area contributed by atoms with Crippen molar-refractivity contribution in [1.82, 2.24) is 5.16 Å². The van der Waals surface area contributed by atoms with Gasteiger partial charge in [0.1, 0.15) is 0 Å². The molecule has 0 spiro atoms. The average molecular weight is 217 g/mol. The van der Waals surface area contributed by atoms with Gasteiger partial charge in [0.2, 0.25) is 0 Å². The molecule has 0 saturated carbocycles. The van der Waals surface area contributed by atoms with E-state index in [4.69, 9.17) is 4.52 Å². The largest absolute Gasteiger partial charge is 0.356 e. The molecule has 0 saturated heterocycles. The van der Waals surface area contributed by atoms with E-state index >= 15 is 0 Å². The number of benzene rings is 1. The number of fused-ring (bicyclic) bond motifs is 3. The van der Waals surface area contributed by atoms with E-state index in [1.165, 1.54) is 16.7 Å². The molecule has 2 aromatic rings. The lowest BCUT2D eigenvalue weighted by molar-refractivity contribution is 0.427. The molecule has 1 heterocycles. The number of rotatable bonds is 1. The van der Waals surface area contributed by atoms with Gasteiger partial charge in [0, 0.05) is 22.8 Å². The number of aromatic nitrogens is 1. The first-order valence-electron chi connectivity index (χ1n) is 5.01. The van der Waals surface area contributed by atoms with Crippen LogP contribution < -0.4 is 0 Å². The standard InChI is InChI=1S/C12H11NOS/c1-7-8-4-2-3-5-9(8)12-11(7)10(6-15)13-14-12/h2-5,7,15H,6H2,1H3. The third-order valence-electron chi connectivity index (χ3n) is 3.06. The molecule has 0 radical (unpaired) electrons. The summed E-state index contributed by atoms with van der Waals surface area (Å²) in [6, 6.07) is 8.33. The predicted molar refractivity (Wildman–Crippen MR) is 62.1 cm³/mol. The fourth-order valence-electron chi connectivity index (χ4n) is 2.32. The van der Waals surface area contributed by atoms with Crippen LogP contribution in [-0.2, 0) is 5.75 Å². The van der Waals surface area contributed by atoms with Gasteiger partial charge in [0.25, 0.3) is 0 Å². The van der Waals surface area contributed by atoms with E-state index in [0.29, 0.717) is 11.7 Å². The van der Waals surface area contributed by atoms with Crippen LogP contribution in [0.3, 0.4) is 0 Å². The summed E-state index contributed by atoms with van der Waals surface area (Å²) >= 11 is 4.27. The second-order valence-electron chi connectivity index (χ2n) is 3.84. The summed E-state index contributed by atoms with van der Waals surface area (Å²) in [5, 5.41) is 4.05. The van der Waals surface area contributed by atoms with Crippen molar-refractivity contribution in [2.24, 2.45) is 0 Å². The van der Waals surface area contributed by atoms with Crippen LogP contribution in [0.2, 0.25) is 0 Å². The monoisotopic (exact) mass is 217 g/mol. The van der Waals surface area contributed by atoms with E-state index in [-0.39, 0.29) is 0 Å². The number of thiol groups is 1. The number of nitrogens with zero attached hydrogens (tertiary/aromatic N) is 1. The first-order valence-corrected chi connectivity index (χ1v) is 5.64. The molecule has 1 aliphatic carbocycles. The summed E-state index contributed by atoms with van der Waals surface area (Å²) in [7, 11) is 0. The van der Waals surface area contributed by atoms with E-state index in [9.17, 15) is 0 Å². The van der Waals surface area contributed by atoms with Crippen LogP contribution in [-0.4, -0.2) is 5.16 Å². The van der Waals surface area contributed by atoms with Crippen LogP contribution in [0.5, 0.6) is 0 Å². The Bertz CT molecular complexity index is 518. The first kappa shape index (κ1) is 9.04. The smallest absolute Gasteiger partial charge is 0.171 e. The molecule has 1 aromatic carbocycles. The normalized spacial score (nSPS) is 17.6. The molecular weight excluding hydrogens is 206 g/mol. The van der Waals surface area contributed by atoms with Crippen molar-refractivity contribution in [1.29, 1.82) is 0 Å². The zero-order valence-corrected chi connectivity index (χ0v) is 9.29. The Kier molecular flexibility index (Phi) is 1.89. The summed E-state index contributed by atoms with van der Waals surface area (Å²) in [5.74, 6) is 1.95. The van der Waals surface area contributed by atoms with Gasteiger partial charge in [-0.25, -0.2) is 0 Å². The number of hydrogen-bond donors (Lipinski definition) is 1. The lowest BCUT2D eigenvalue weighted by Crippen LogP contribution is -1.93. The van der Waals surface area contributed by atoms with Gasteiger partial charge in [-0.05, 0) is 5.56 Å². The second-order valence-corrected chi connectivity index (χ2v) is 4.16. The highest BCUT2D eigenvalue weighted by molar-refractivity contribution is 7.79. The Morgan fingerprint density at radius 3 is 3.00 bits per heavy atom. The Morgan fingerprint density at radius 1 is 1.40 bits per heavy atom. The Labute approximate surface area is 93.7 Å². The van der Waals surface area contributed by atoms with E-state index < -0.39 is 0 Å². The second kappa shape index (κ2) is 3.14. The quantitative estimate of drug-likeness (QED) is 0.742. The maximum atomic E-state index is 5.40. The maximum absolute atomic E-state index is 5.40. The van der Waals surface area contributed by atoms with Crippen LogP contribution >= 0.6 is 12.6 Å². The maximum Gasteiger partial charge on any atom is 0.171 e. The van der Waals surface area contributed by atoms with Crippen LogP contribution in [0.4, 0.5) is 0 Å². The van der Waals surface area contributed by atoms with Crippen molar-refractivity contribution in [2.45, 2.75) is 18.6 Å². The van der Waals surface area contributed by atoms with Gasteiger partial charge in [-0.1, -0.05) is 36.3 Å². The fraction of sp³-hybridized carbons (Fsp3) is 0.250. The van der Waals surface area contributed by atoms with Gasteiger partial charge in [-0.3, -0.25) is 0 Å². The van der Waals surface area contributed by atoms with Gasteiger partial charge in [-0.15, -0.1) is 0 Å². The highest BCUT2D eigenvalue weighted by Gasteiger charge is 2.31. The lowest BCUT2D eigenvalue weighted by Gasteiger charge is -2.05. The summed E-state index contributed by atoms with van der Waals surface area (Å²) in [6.07, 6.45) is 0. The fourth-order valence-corrected chi connectivity index (χ4v) is 2.55. The highest BCUT2D eigenvalue weighted by atomic mass is 32.1. The molecule has 1 aromatic heterocycles. The third kappa shape index (κ3) is 1.10. The van der Waals surface area contributed by atoms with Crippen LogP contribution in [0, 0.1) is 0 Å². The zero-order chi connectivity index (χ0) is 10.4. The van der Waals surface area contributed by atoms with E-state index in [1.54, 1.807) is 0 Å². The molecule has 0 N–H and O–H groups in total. The van der Waals surface area contributed by atoms with Crippen molar-refractivity contribution in [2.75, 3.05) is 0 Å². The Morgan fingerprint density at radius 2 is 2.20 bits per heavy atom. The first-order chi connectivity index (χ1) is 7.33. The van der Waals surface area contributed by atoms with Gasteiger partial charge in [-0.2, -0.15) is 12.6 Å². The van der Waals surface area contributed by atoms with Crippen molar-refractivity contribution < 1.29 is 4.52 Å². The molecule has 15 heavy (non-hydrogen) atoms. The van der Waals surface area contributed by atoms with E-state index in [2.05, 4.69) is 42.9 Å². The molecule has 1 aliphatic rings. The summed E-state index contributed by atoms with van der Waals surface area (Å²) in [4.78, 5) is 0. The Balaban J connectivity index is 2.29. The lowest BCUT2D eigenvalue weighted by atomic mass is 9.99. The van der Waals surface area contributed by atoms with Crippen LogP contribution in [0.1, 0.15) is 29.7 Å². The van der Waals surface area contributed by atoms with E-state index in [1.807, 2.05) is 6.07 Å². The minimum Gasteiger partial charge on any atom is -0.356 e. The van der Waals surface area contributed by atoms with E-state index in [0.717, 1.165) is 11.5 Å². The molecule has 76 valence electrons. The van der Waals surface area contributed by atoms with Crippen molar-refractivity contribution >= 4 is 12.6 Å². The van der Waals surface area contributed by atoms with Gasteiger partial charge in [0.05, 0.1) is 5.69 Å². The minimum atomic E-state index is 0.379. The molecule has 0 fully saturated rings. The predicted octanol–water partition coefficient (Wildman–Crippen LogP) is 3.24. The Hall–Kier alpha value is -1.22. The average Bonchev–Trinajstić information content (AvgIpc) is 2.81. The van der Waals surface area contributed by atoms with Crippen molar-refractivity contribution in [3.63, 3.8) is 0 Å². The molecule has 3 rings (SSSR count). The van der Waals surface area contributed by atoms with Crippen LogP contribution in [0.15, 0.2) is 28.8 Å². The minimum absolute atomic E-state index is 0.379. The molecule has 2 nitrogen and oxygen atoms in total. The third-order valence-corrected chi connectivity index (χ3v) is 3.36. The molecule has 0 bridgehead atoms. The van der Waals surface area contributed by atoms with Gasteiger partial charge < -0.3 is 4.52 Å². The summed E-state index contributed by atoms with van der Waals surface area (Å²) in [6.45, 7) is 2.19. The SMILES string of the molecule is CC1c2ccccc2-c2onc(CS)c21. The van der Waals surface area contributed by atoms with Crippen molar-refractivity contribution in [3.05, 3.63) is 41.1 Å². The molecule has 3 heteroatoms. The van der Waals surface area contributed by atoms with Crippen LogP contribution in [0.25, 0.3) is 11.3 Å². The van der Waals surface area contributed by atoms with Crippen molar-refractivity contribution in [3.8, 4) is 11.3 Å². The molecule has 0 amide bonds. The molecule has 1 atom stereocenters. The van der Waals surface area contributed by atoms with Gasteiger partial charge in [0.15, 0.2) is 5.76 Å². The molecule has 0 aliphatic heterocycles. The summed E-state index contributed by atoms with van der Waals surface area (Å²) in [5.41, 5.74) is 4.69. The number of hydrogen-bond acceptors (Lipinski definition) is 3. The summed E-state index contributed by atoms with van der Waals surface area (Å²) < 4.78 is 5.40. The van der Waals surface area contributed by atoms with Gasteiger partial charge >= 0.3 is 0 Å². The zero-order valence-electron chi connectivity index (χ0n) is 8.40. The molecular formula is C12H11NOS. The molecule has 1 unspecified atom stereocenters. The topological polar surface area (TPSA) is 26.0 Å². The highest BCUT2D eigenvalue weighted by Crippen LogP contribution is 2.46.